The van der Waals surface area contributed by atoms with Crippen molar-refractivity contribution in [3.63, 3.8) is 0 Å². The van der Waals surface area contributed by atoms with Gasteiger partial charge in [-0.1, -0.05) is 18.2 Å². The zero-order chi connectivity index (χ0) is 11.3. The van der Waals surface area contributed by atoms with Gasteiger partial charge in [-0.15, -0.1) is 0 Å². The van der Waals surface area contributed by atoms with Crippen LogP contribution in [0.2, 0.25) is 0 Å². The number of hydrogen-bond acceptors (Lipinski definition) is 3. The third-order valence-electron chi connectivity index (χ3n) is 2.25. The largest absolute Gasteiger partial charge is 0.528 e. The van der Waals surface area contributed by atoms with Crippen molar-refractivity contribution in [1.29, 1.82) is 0 Å². The van der Waals surface area contributed by atoms with E-state index in [1.807, 2.05) is 44.2 Å². The molecule has 1 N–H and O–H groups in total. The number of anilines is 1. The van der Waals surface area contributed by atoms with Crippen molar-refractivity contribution in [3.05, 3.63) is 30.3 Å². The first kappa shape index (κ1) is 11.8. The molecule has 0 atom stereocenters. The lowest BCUT2D eigenvalue weighted by Gasteiger charge is -2.22. The van der Waals surface area contributed by atoms with Crippen LogP contribution in [0.4, 0.5) is 5.69 Å². The molecule has 4 heteroatoms. The Morgan fingerprint density at radius 1 is 1.40 bits per heavy atom. The van der Waals surface area contributed by atoms with Crippen LogP contribution in [-0.4, -0.2) is 23.0 Å². The van der Waals surface area contributed by atoms with E-state index in [9.17, 15) is 4.79 Å². The molecule has 0 saturated heterocycles. The summed E-state index contributed by atoms with van der Waals surface area (Å²) in [5.74, 6) is -0.141. The van der Waals surface area contributed by atoms with E-state index in [0.717, 1.165) is 5.69 Å². The van der Waals surface area contributed by atoms with Gasteiger partial charge in [-0.05, 0) is 26.0 Å². The minimum absolute atomic E-state index is 0.141. The van der Waals surface area contributed by atoms with Crippen LogP contribution >= 0.6 is 0 Å². The smallest absolute Gasteiger partial charge is 0.299 e. The van der Waals surface area contributed by atoms with Gasteiger partial charge >= 0.3 is 0 Å². The molecule has 0 fully saturated rings. The molecule has 0 aliphatic heterocycles. The third-order valence-corrected chi connectivity index (χ3v) is 2.62. The minimum atomic E-state index is -0.475. The number of nitrogens with one attached hydrogen (secondary N) is 1. The topological polar surface area (TPSA) is 38.3 Å². The van der Waals surface area contributed by atoms with Crippen LogP contribution in [0.15, 0.2) is 30.3 Å². The van der Waals surface area contributed by atoms with Gasteiger partial charge in [0.15, 0.2) is 0 Å². The maximum atomic E-state index is 11.4. The lowest BCUT2D eigenvalue weighted by atomic mass is 9.94. The van der Waals surface area contributed by atoms with E-state index < -0.39 is 5.41 Å². The molecule has 1 aromatic rings. The SMILES string of the molecule is CC(C)(CNc1ccccc1)C(=O)O[SiH3]. The molecule has 0 spiro atoms. The van der Waals surface area contributed by atoms with Gasteiger partial charge in [-0.2, -0.15) is 0 Å². The molecule has 0 saturated carbocycles. The zero-order valence-corrected chi connectivity index (χ0v) is 11.4. The quantitative estimate of drug-likeness (QED) is 0.772. The van der Waals surface area contributed by atoms with Crippen molar-refractivity contribution < 1.29 is 9.22 Å². The highest BCUT2D eigenvalue weighted by molar-refractivity contribution is 6.06. The Labute approximate surface area is 93.4 Å². The molecule has 0 bridgehead atoms. The first-order valence-corrected chi connectivity index (χ1v) is 5.75. The molecule has 1 aromatic carbocycles. The summed E-state index contributed by atoms with van der Waals surface area (Å²) in [6, 6.07) is 9.83. The number of benzene rings is 1. The van der Waals surface area contributed by atoms with Crippen molar-refractivity contribution in [3.8, 4) is 0 Å². The zero-order valence-electron chi connectivity index (χ0n) is 9.41. The summed E-state index contributed by atoms with van der Waals surface area (Å²) in [6.07, 6.45) is 0. The Kier molecular flexibility index (Phi) is 3.91. The van der Waals surface area contributed by atoms with Crippen LogP contribution in [0.5, 0.6) is 0 Å². The fraction of sp³-hybridized carbons (Fsp3) is 0.364. The highest BCUT2D eigenvalue weighted by Crippen LogP contribution is 2.18. The molecular weight excluding hydrogens is 206 g/mol. The maximum Gasteiger partial charge on any atom is 0.299 e. The number of carbonyl (C=O) groups is 1. The molecular formula is C11H17NO2Si. The van der Waals surface area contributed by atoms with Gasteiger partial charge in [0, 0.05) is 12.2 Å². The number of hydrogen-bond donors (Lipinski definition) is 1. The highest BCUT2D eigenvalue weighted by Gasteiger charge is 2.27. The molecule has 1 rings (SSSR count). The molecule has 0 amide bonds. The van der Waals surface area contributed by atoms with Crippen molar-refractivity contribution in [2.24, 2.45) is 5.41 Å². The van der Waals surface area contributed by atoms with E-state index in [-0.39, 0.29) is 5.97 Å². The van der Waals surface area contributed by atoms with Crippen LogP contribution < -0.4 is 5.32 Å². The van der Waals surface area contributed by atoms with E-state index in [0.29, 0.717) is 17.0 Å². The van der Waals surface area contributed by atoms with Gasteiger partial charge in [-0.3, -0.25) is 4.79 Å². The van der Waals surface area contributed by atoms with Gasteiger partial charge in [-0.25, -0.2) is 0 Å². The second-order valence-electron chi connectivity index (χ2n) is 4.10. The van der Waals surface area contributed by atoms with Crippen LogP contribution in [-0.2, 0) is 9.22 Å². The first-order chi connectivity index (χ1) is 7.06. The first-order valence-electron chi connectivity index (χ1n) is 4.93. The normalized spacial score (nSPS) is 11.1. The summed E-state index contributed by atoms with van der Waals surface area (Å²) >= 11 is 0. The summed E-state index contributed by atoms with van der Waals surface area (Å²) in [5.41, 5.74) is 0.546. The Morgan fingerprint density at radius 2 is 2.00 bits per heavy atom. The van der Waals surface area contributed by atoms with Gasteiger partial charge in [0.1, 0.15) is 0 Å². The predicted molar refractivity (Wildman–Crippen MR) is 64.7 cm³/mol. The molecule has 0 aliphatic rings. The molecule has 0 aliphatic carbocycles. The maximum absolute atomic E-state index is 11.4. The second-order valence-corrected chi connectivity index (χ2v) is 4.50. The van der Waals surface area contributed by atoms with Gasteiger partial charge in [0.05, 0.1) is 5.41 Å². The Hall–Kier alpha value is -1.29. The summed E-state index contributed by atoms with van der Waals surface area (Å²) < 4.78 is 4.86. The third kappa shape index (κ3) is 3.40. The molecule has 82 valence electrons. The van der Waals surface area contributed by atoms with Gasteiger partial charge in [0.25, 0.3) is 5.97 Å². The standard InChI is InChI=1S/C11H17NO2Si/c1-11(2,10(13)14-15)8-12-9-6-4-3-5-7-9/h3-7,12H,8H2,1-2,15H3. The van der Waals surface area contributed by atoms with Crippen molar-refractivity contribution in [2.75, 3.05) is 11.9 Å². The van der Waals surface area contributed by atoms with Crippen molar-refractivity contribution in [1.82, 2.24) is 0 Å². The fourth-order valence-corrected chi connectivity index (χ4v) is 1.78. The average Bonchev–Trinajstić information content (AvgIpc) is 2.27. The van der Waals surface area contributed by atoms with E-state index in [4.69, 9.17) is 4.43 Å². The number of rotatable bonds is 4. The molecule has 3 nitrogen and oxygen atoms in total. The van der Waals surface area contributed by atoms with Crippen LogP contribution in [0.1, 0.15) is 13.8 Å². The average molecular weight is 223 g/mol. The summed E-state index contributed by atoms with van der Waals surface area (Å²) in [6.45, 7) is 4.34. The molecule has 0 radical (unpaired) electrons. The lowest BCUT2D eigenvalue weighted by Crippen LogP contribution is -2.33. The summed E-state index contributed by atoms with van der Waals surface area (Å²) in [7, 11) is 0.454. The molecule has 0 heterocycles. The lowest BCUT2D eigenvalue weighted by molar-refractivity contribution is -0.142. The van der Waals surface area contributed by atoms with Crippen LogP contribution in [0.25, 0.3) is 0 Å². The van der Waals surface area contributed by atoms with E-state index in [2.05, 4.69) is 5.32 Å². The monoisotopic (exact) mass is 223 g/mol. The van der Waals surface area contributed by atoms with Gasteiger partial charge in [0.2, 0.25) is 10.5 Å². The van der Waals surface area contributed by atoms with Crippen molar-refractivity contribution >= 4 is 22.1 Å². The van der Waals surface area contributed by atoms with E-state index >= 15 is 0 Å². The summed E-state index contributed by atoms with van der Waals surface area (Å²) in [4.78, 5) is 11.4. The predicted octanol–water partition coefficient (Wildman–Crippen LogP) is 0.948. The van der Waals surface area contributed by atoms with Crippen molar-refractivity contribution in [2.45, 2.75) is 13.8 Å². The Bertz CT molecular complexity index is 325. The molecule has 15 heavy (non-hydrogen) atoms. The molecule has 0 aromatic heterocycles. The minimum Gasteiger partial charge on any atom is -0.528 e. The van der Waals surface area contributed by atoms with Crippen LogP contribution in [0, 0.1) is 5.41 Å². The highest BCUT2D eigenvalue weighted by atomic mass is 28.2. The van der Waals surface area contributed by atoms with Gasteiger partial charge < -0.3 is 9.74 Å². The van der Waals surface area contributed by atoms with Crippen LogP contribution in [0.3, 0.4) is 0 Å². The second kappa shape index (κ2) is 4.98. The number of carbonyl (C=O) groups excluding carboxylic acids is 1. The number of para-hydroxylation sites is 1. The van der Waals surface area contributed by atoms with E-state index in [1.54, 1.807) is 0 Å². The Morgan fingerprint density at radius 3 is 2.53 bits per heavy atom. The summed E-state index contributed by atoms with van der Waals surface area (Å²) in [5, 5.41) is 3.21. The fourth-order valence-electron chi connectivity index (χ4n) is 1.23. The Balaban J connectivity index is 2.53. The van der Waals surface area contributed by atoms with E-state index in [1.165, 1.54) is 0 Å². The molecule has 0 unspecified atom stereocenters.